The van der Waals surface area contributed by atoms with Crippen molar-refractivity contribution in [1.29, 1.82) is 0 Å². The van der Waals surface area contributed by atoms with E-state index in [-0.39, 0.29) is 12.0 Å². The third-order valence-corrected chi connectivity index (χ3v) is 5.36. The summed E-state index contributed by atoms with van der Waals surface area (Å²) in [7, 11) is -2.51. The van der Waals surface area contributed by atoms with Crippen LogP contribution in [0.3, 0.4) is 0 Å². The van der Waals surface area contributed by atoms with Crippen molar-refractivity contribution in [3.05, 3.63) is 59.1 Å². The van der Waals surface area contributed by atoms with Crippen LogP contribution in [0, 0.1) is 0 Å². The monoisotopic (exact) mass is 424 g/mol. The molecule has 0 saturated heterocycles. The number of carbonyl (C=O) groups excluding carboxylic acids is 2. The van der Waals surface area contributed by atoms with Crippen molar-refractivity contribution >= 4 is 44.9 Å². The van der Waals surface area contributed by atoms with Gasteiger partial charge in [-0.3, -0.25) is 9.10 Å². The number of rotatable bonds is 7. The number of methoxy groups -OCH3 is 1. The smallest absolute Gasteiger partial charge is 0.337 e. The molecule has 0 unspecified atom stereocenters. The highest BCUT2D eigenvalue weighted by atomic mass is 35.5. The van der Waals surface area contributed by atoms with Gasteiger partial charge in [-0.15, -0.1) is 0 Å². The third kappa shape index (κ3) is 5.24. The largest absolute Gasteiger partial charge is 0.465 e. The zero-order valence-corrected chi connectivity index (χ0v) is 17.3. The Morgan fingerprint density at radius 2 is 1.86 bits per heavy atom. The van der Waals surface area contributed by atoms with Gasteiger partial charge in [-0.2, -0.15) is 0 Å². The average molecular weight is 425 g/mol. The minimum Gasteiger partial charge on any atom is -0.465 e. The minimum atomic E-state index is -3.77. The Morgan fingerprint density at radius 1 is 1.18 bits per heavy atom. The lowest BCUT2D eigenvalue weighted by molar-refractivity contribution is -0.117. The molecular formula is C19H21ClN2O5S. The van der Waals surface area contributed by atoms with E-state index in [4.69, 9.17) is 11.6 Å². The maximum Gasteiger partial charge on any atom is 0.337 e. The fraction of sp³-hybridized carbons (Fsp3) is 0.263. The number of anilines is 2. The van der Waals surface area contributed by atoms with Gasteiger partial charge in [-0.1, -0.05) is 30.7 Å². The number of nitrogens with zero attached hydrogens (tertiary/aromatic N) is 1. The molecule has 0 radical (unpaired) electrons. The number of amides is 1. The van der Waals surface area contributed by atoms with Gasteiger partial charge >= 0.3 is 5.97 Å². The van der Waals surface area contributed by atoms with E-state index in [1.54, 1.807) is 43.3 Å². The highest BCUT2D eigenvalue weighted by Crippen LogP contribution is 2.26. The molecule has 0 heterocycles. The Hall–Kier alpha value is -2.58. The number of benzene rings is 2. The van der Waals surface area contributed by atoms with Crippen LogP contribution in [0.5, 0.6) is 0 Å². The highest BCUT2D eigenvalue weighted by Gasteiger charge is 2.31. The number of halogens is 1. The summed E-state index contributed by atoms with van der Waals surface area (Å²) in [4.78, 5) is 24.5. The summed E-state index contributed by atoms with van der Waals surface area (Å²) in [6, 6.07) is 11.5. The molecule has 28 heavy (non-hydrogen) atoms. The average Bonchev–Trinajstić information content (AvgIpc) is 2.64. The van der Waals surface area contributed by atoms with Crippen LogP contribution in [0.25, 0.3) is 0 Å². The summed E-state index contributed by atoms with van der Waals surface area (Å²) in [5.74, 6) is -1.07. The molecule has 9 heteroatoms. The molecule has 0 aliphatic carbocycles. The molecule has 0 spiro atoms. The van der Waals surface area contributed by atoms with Gasteiger partial charge in [0.05, 0.1) is 24.6 Å². The molecule has 0 saturated carbocycles. The zero-order valence-electron chi connectivity index (χ0n) is 15.7. The molecule has 0 fully saturated rings. The Bertz CT molecular complexity index is 978. The molecule has 1 amide bonds. The predicted octanol–water partition coefficient (Wildman–Crippen LogP) is 3.31. The molecule has 7 nitrogen and oxygen atoms in total. The van der Waals surface area contributed by atoms with Crippen LogP contribution in [0.4, 0.5) is 11.4 Å². The summed E-state index contributed by atoms with van der Waals surface area (Å²) in [5.41, 5.74) is 0.911. The molecule has 2 aromatic carbocycles. The highest BCUT2D eigenvalue weighted by molar-refractivity contribution is 7.92. The van der Waals surface area contributed by atoms with E-state index in [2.05, 4.69) is 10.1 Å². The van der Waals surface area contributed by atoms with Gasteiger partial charge < -0.3 is 10.1 Å². The second-order valence-electron chi connectivity index (χ2n) is 6.02. The number of nitrogens with one attached hydrogen (secondary N) is 1. The lowest BCUT2D eigenvalue weighted by Gasteiger charge is -2.30. The van der Waals surface area contributed by atoms with E-state index < -0.39 is 27.9 Å². The number of hydrogen-bond acceptors (Lipinski definition) is 5. The van der Waals surface area contributed by atoms with Gasteiger partial charge in [0.2, 0.25) is 15.9 Å². The van der Waals surface area contributed by atoms with E-state index in [0.717, 1.165) is 10.6 Å². The van der Waals surface area contributed by atoms with Crippen LogP contribution < -0.4 is 9.62 Å². The van der Waals surface area contributed by atoms with Crippen molar-refractivity contribution in [2.24, 2.45) is 0 Å². The van der Waals surface area contributed by atoms with Gasteiger partial charge in [-0.25, -0.2) is 13.2 Å². The van der Waals surface area contributed by atoms with Crippen molar-refractivity contribution in [2.75, 3.05) is 23.0 Å². The van der Waals surface area contributed by atoms with Crippen molar-refractivity contribution in [3.8, 4) is 0 Å². The predicted molar refractivity (Wildman–Crippen MR) is 109 cm³/mol. The number of hydrogen-bond donors (Lipinski definition) is 1. The number of ether oxygens (including phenoxy) is 1. The van der Waals surface area contributed by atoms with Crippen molar-refractivity contribution in [1.82, 2.24) is 0 Å². The van der Waals surface area contributed by atoms with Crippen LogP contribution in [0.1, 0.15) is 23.7 Å². The summed E-state index contributed by atoms with van der Waals surface area (Å²) in [5, 5.41) is 3.02. The Balaban J connectivity index is 2.36. The quantitative estimate of drug-likeness (QED) is 0.688. The van der Waals surface area contributed by atoms with E-state index in [1.807, 2.05) is 0 Å². The third-order valence-electron chi connectivity index (χ3n) is 3.94. The van der Waals surface area contributed by atoms with Crippen LogP contribution >= 0.6 is 11.6 Å². The summed E-state index contributed by atoms with van der Waals surface area (Å²) in [6.07, 6.45) is 1.25. The first-order valence-corrected chi connectivity index (χ1v) is 10.6. The Kier molecular flexibility index (Phi) is 7.04. The van der Waals surface area contributed by atoms with Gasteiger partial charge in [-0.05, 0) is 42.8 Å². The van der Waals surface area contributed by atoms with Crippen LogP contribution in [-0.4, -0.2) is 39.7 Å². The molecular weight excluding hydrogens is 404 g/mol. The molecule has 0 aliphatic heterocycles. The number of esters is 1. The molecule has 1 atom stereocenters. The molecule has 0 aliphatic rings. The topological polar surface area (TPSA) is 92.8 Å². The molecule has 0 bridgehead atoms. The van der Waals surface area contributed by atoms with E-state index in [1.165, 1.54) is 19.2 Å². The van der Waals surface area contributed by atoms with E-state index in [0.29, 0.717) is 16.4 Å². The Labute approximate surface area is 169 Å². The SMILES string of the molecule is CC[C@@H](C(=O)Nc1cccc(C(=O)OC)c1)N(c1cccc(Cl)c1)S(C)(=O)=O. The van der Waals surface area contributed by atoms with Gasteiger partial charge in [0, 0.05) is 10.7 Å². The minimum absolute atomic E-state index is 0.224. The number of sulfonamides is 1. The van der Waals surface area contributed by atoms with Crippen molar-refractivity contribution in [2.45, 2.75) is 19.4 Å². The summed E-state index contributed by atoms with van der Waals surface area (Å²) < 4.78 is 30.6. The van der Waals surface area contributed by atoms with E-state index >= 15 is 0 Å². The van der Waals surface area contributed by atoms with E-state index in [9.17, 15) is 18.0 Å². The first kappa shape index (κ1) is 21.7. The van der Waals surface area contributed by atoms with Gasteiger partial charge in [0.1, 0.15) is 6.04 Å². The second kappa shape index (κ2) is 9.07. The van der Waals surface area contributed by atoms with Gasteiger partial charge in [0.15, 0.2) is 0 Å². The summed E-state index contributed by atoms with van der Waals surface area (Å²) >= 11 is 5.99. The molecule has 150 valence electrons. The second-order valence-corrected chi connectivity index (χ2v) is 8.32. The Morgan fingerprint density at radius 3 is 2.43 bits per heavy atom. The molecule has 0 aromatic heterocycles. The first-order chi connectivity index (χ1) is 13.2. The van der Waals surface area contributed by atoms with Crippen LogP contribution in [0.2, 0.25) is 5.02 Å². The molecule has 2 rings (SSSR count). The molecule has 2 aromatic rings. The standard InChI is InChI=1S/C19H21ClN2O5S/c1-4-17(22(28(3,25)26)16-10-6-8-14(20)12-16)18(23)21-15-9-5-7-13(11-15)19(24)27-2/h5-12,17H,4H2,1-3H3,(H,21,23)/t17-/m0/s1. The van der Waals surface area contributed by atoms with Gasteiger partial charge in [0.25, 0.3) is 0 Å². The van der Waals surface area contributed by atoms with Crippen LogP contribution in [-0.2, 0) is 19.6 Å². The maximum absolute atomic E-state index is 12.9. The fourth-order valence-corrected chi connectivity index (χ4v) is 4.13. The van der Waals surface area contributed by atoms with Crippen molar-refractivity contribution in [3.63, 3.8) is 0 Å². The first-order valence-electron chi connectivity index (χ1n) is 8.41. The summed E-state index contributed by atoms with van der Waals surface area (Å²) in [6.45, 7) is 1.71. The van der Waals surface area contributed by atoms with Crippen molar-refractivity contribution < 1.29 is 22.7 Å². The number of carbonyl (C=O) groups is 2. The maximum atomic E-state index is 12.9. The fourth-order valence-electron chi connectivity index (χ4n) is 2.74. The zero-order chi connectivity index (χ0) is 20.9. The lowest BCUT2D eigenvalue weighted by Crippen LogP contribution is -2.47. The van der Waals surface area contributed by atoms with Crippen LogP contribution in [0.15, 0.2) is 48.5 Å². The molecule has 1 N–H and O–H groups in total. The lowest BCUT2D eigenvalue weighted by atomic mass is 10.1. The normalized spacial score (nSPS) is 12.1.